The number of aromatic amines is 1. The number of aliphatic hydroxyl groups excluding tert-OH is 1. The molecule has 2 heterocycles. The lowest BCUT2D eigenvalue weighted by atomic mass is 9.96. The summed E-state index contributed by atoms with van der Waals surface area (Å²) in [6.45, 7) is 1.81. The Kier molecular flexibility index (Phi) is 4.84. The predicted molar refractivity (Wildman–Crippen MR) is 126 cm³/mol. The molecule has 1 aromatic heterocycles. The van der Waals surface area contributed by atoms with Crippen LogP contribution in [0.4, 0.5) is 16.4 Å². The fourth-order valence-corrected chi connectivity index (χ4v) is 4.32. The van der Waals surface area contributed by atoms with Crippen LogP contribution in [0.15, 0.2) is 54.6 Å². The number of carbonyl (C=O) groups excluding carboxylic acids is 1. The Hall–Kier alpha value is -3.88. The van der Waals surface area contributed by atoms with Crippen LogP contribution in [0.5, 0.6) is 0 Å². The quantitative estimate of drug-likeness (QED) is 0.398. The Balaban J connectivity index is 1.61. The van der Waals surface area contributed by atoms with Gasteiger partial charge in [-0.3, -0.25) is 14.6 Å². The SMILES string of the molecule is Cc1c(Cl)cccc1N1C(=O)c2c(-c3ccc4nc(N(C)C(=O)O)[nH]c4c3)cccc2C1O. The van der Waals surface area contributed by atoms with Gasteiger partial charge < -0.3 is 15.2 Å². The second-order valence-electron chi connectivity index (χ2n) is 7.84. The van der Waals surface area contributed by atoms with Crippen molar-refractivity contribution in [2.75, 3.05) is 16.8 Å². The van der Waals surface area contributed by atoms with E-state index in [1.165, 1.54) is 11.9 Å². The van der Waals surface area contributed by atoms with Gasteiger partial charge in [-0.1, -0.05) is 41.9 Å². The number of carbonyl (C=O) groups is 2. The molecule has 3 N–H and O–H groups in total. The van der Waals surface area contributed by atoms with Gasteiger partial charge >= 0.3 is 6.09 Å². The van der Waals surface area contributed by atoms with Crippen LogP contribution in [0.2, 0.25) is 5.02 Å². The van der Waals surface area contributed by atoms with Gasteiger partial charge in [0.1, 0.15) is 0 Å². The van der Waals surface area contributed by atoms with Crippen molar-refractivity contribution in [3.05, 3.63) is 76.3 Å². The standard InChI is InChI=1S/C24H19ClN4O4/c1-12-16(25)7-4-8-19(12)29-21(30)15-6-3-5-14(20(15)22(29)31)13-9-10-17-18(11-13)27-23(26-17)28(2)24(32)33/h3-11,21,30H,1-2H3,(H,26,27)(H,32,33). The second-order valence-corrected chi connectivity index (χ2v) is 8.24. The van der Waals surface area contributed by atoms with Crippen molar-refractivity contribution in [3.63, 3.8) is 0 Å². The Bertz CT molecular complexity index is 1450. The number of aromatic nitrogens is 2. The lowest BCUT2D eigenvalue weighted by Gasteiger charge is -2.23. The number of fused-ring (bicyclic) bond motifs is 2. The van der Waals surface area contributed by atoms with Crippen LogP contribution in [-0.2, 0) is 0 Å². The van der Waals surface area contributed by atoms with Gasteiger partial charge in [0, 0.05) is 17.6 Å². The molecule has 166 valence electrons. The molecule has 0 radical (unpaired) electrons. The minimum atomic E-state index is -1.14. The number of nitrogens with one attached hydrogen (secondary N) is 1. The summed E-state index contributed by atoms with van der Waals surface area (Å²) in [5.41, 5.74) is 4.78. The third-order valence-corrected chi connectivity index (χ3v) is 6.35. The van der Waals surface area contributed by atoms with E-state index in [0.717, 1.165) is 10.5 Å². The molecule has 2 amide bonds. The highest BCUT2D eigenvalue weighted by molar-refractivity contribution is 6.32. The van der Waals surface area contributed by atoms with Crippen molar-refractivity contribution < 1.29 is 19.8 Å². The fourth-order valence-electron chi connectivity index (χ4n) is 4.15. The van der Waals surface area contributed by atoms with Crippen molar-refractivity contribution in [2.24, 2.45) is 0 Å². The zero-order chi connectivity index (χ0) is 23.4. The Labute approximate surface area is 193 Å². The van der Waals surface area contributed by atoms with Crippen LogP contribution in [0.1, 0.15) is 27.7 Å². The van der Waals surface area contributed by atoms with Gasteiger partial charge in [0.05, 0.1) is 22.3 Å². The molecule has 8 nitrogen and oxygen atoms in total. The van der Waals surface area contributed by atoms with Gasteiger partial charge in [-0.15, -0.1) is 0 Å². The van der Waals surface area contributed by atoms with E-state index in [0.29, 0.717) is 44.0 Å². The van der Waals surface area contributed by atoms with E-state index in [1.807, 2.05) is 18.2 Å². The van der Waals surface area contributed by atoms with Crippen LogP contribution in [0.3, 0.4) is 0 Å². The number of rotatable bonds is 3. The van der Waals surface area contributed by atoms with Crippen LogP contribution < -0.4 is 9.80 Å². The second kappa shape index (κ2) is 7.61. The summed E-state index contributed by atoms with van der Waals surface area (Å²) in [7, 11) is 1.40. The highest BCUT2D eigenvalue weighted by Gasteiger charge is 2.39. The first-order chi connectivity index (χ1) is 15.8. The molecule has 0 saturated carbocycles. The molecule has 0 saturated heterocycles. The number of benzene rings is 3. The summed E-state index contributed by atoms with van der Waals surface area (Å²) >= 11 is 6.26. The minimum absolute atomic E-state index is 0.196. The first kappa shape index (κ1) is 21.0. The number of imidazole rings is 1. The molecule has 3 aromatic carbocycles. The minimum Gasteiger partial charge on any atom is -0.465 e. The number of amides is 2. The Morgan fingerprint density at radius 3 is 2.70 bits per heavy atom. The molecule has 0 fully saturated rings. The number of carboxylic acid groups (broad SMARTS) is 1. The summed E-state index contributed by atoms with van der Waals surface area (Å²) in [5, 5.41) is 20.7. The first-order valence-electron chi connectivity index (χ1n) is 10.1. The molecule has 4 aromatic rings. The van der Waals surface area contributed by atoms with Crippen molar-refractivity contribution in [3.8, 4) is 11.1 Å². The maximum Gasteiger partial charge on any atom is 0.413 e. The molecule has 0 spiro atoms. The summed E-state index contributed by atoms with van der Waals surface area (Å²) in [6, 6.07) is 16.0. The first-order valence-corrected chi connectivity index (χ1v) is 10.5. The molecule has 33 heavy (non-hydrogen) atoms. The summed E-state index contributed by atoms with van der Waals surface area (Å²) in [5.74, 6) is -0.128. The lowest BCUT2D eigenvalue weighted by Crippen LogP contribution is -2.28. The van der Waals surface area contributed by atoms with E-state index in [4.69, 9.17) is 11.6 Å². The maximum atomic E-state index is 13.5. The van der Waals surface area contributed by atoms with E-state index in [1.54, 1.807) is 43.3 Å². The monoisotopic (exact) mass is 462 g/mol. The van der Waals surface area contributed by atoms with Gasteiger partial charge in [0.25, 0.3) is 5.91 Å². The van der Waals surface area contributed by atoms with Crippen molar-refractivity contribution in [1.82, 2.24) is 9.97 Å². The molecule has 0 bridgehead atoms. The van der Waals surface area contributed by atoms with E-state index >= 15 is 0 Å². The van der Waals surface area contributed by atoms with Gasteiger partial charge in [-0.2, -0.15) is 0 Å². The third kappa shape index (κ3) is 3.23. The molecule has 1 aliphatic rings. The van der Waals surface area contributed by atoms with Gasteiger partial charge in [0.2, 0.25) is 5.95 Å². The average molecular weight is 463 g/mol. The van der Waals surface area contributed by atoms with Crippen LogP contribution in [0, 0.1) is 6.92 Å². The Morgan fingerprint density at radius 2 is 1.94 bits per heavy atom. The van der Waals surface area contributed by atoms with Crippen LogP contribution in [0.25, 0.3) is 22.2 Å². The number of nitrogens with zero attached hydrogens (tertiary/aromatic N) is 3. The number of hydrogen-bond acceptors (Lipinski definition) is 4. The normalized spacial score (nSPS) is 15.2. The highest BCUT2D eigenvalue weighted by Crippen LogP contribution is 2.42. The van der Waals surface area contributed by atoms with Crippen molar-refractivity contribution in [1.29, 1.82) is 0 Å². The van der Waals surface area contributed by atoms with E-state index in [2.05, 4.69) is 9.97 Å². The average Bonchev–Trinajstić information content (AvgIpc) is 3.34. The van der Waals surface area contributed by atoms with E-state index < -0.39 is 12.3 Å². The number of hydrogen-bond donors (Lipinski definition) is 3. The van der Waals surface area contributed by atoms with E-state index in [-0.39, 0.29) is 11.9 Å². The Morgan fingerprint density at radius 1 is 1.18 bits per heavy atom. The molecule has 9 heteroatoms. The number of halogens is 1. The lowest BCUT2D eigenvalue weighted by molar-refractivity contribution is 0.0935. The molecule has 1 atom stereocenters. The van der Waals surface area contributed by atoms with Crippen molar-refractivity contribution in [2.45, 2.75) is 13.2 Å². The molecule has 0 aliphatic carbocycles. The molecule has 1 unspecified atom stereocenters. The highest BCUT2D eigenvalue weighted by atomic mass is 35.5. The molecular weight excluding hydrogens is 444 g/mol. The zero-order valence-electron chi connectivity index (χ0n) is 17.7. The van der Waals surface area contributed by atoms with Crippen molar-refractivity contribution >= 4 is 46.3 Å². The van der Waals surface area contributed by atoms with Gasteiger partial charge in [-0.25, -0.2) is 9.78 Å². The summed E-state index contributed by atoms with van der Waals surface area (Å²) in [4.78, 5) is 34.4. The molecular formula is C24H19ClN4O4. The molecule has 5 rings (SSSR count). The zero-order valence-corrected chi connectivity index (χ0v) is 18.5. The topological polar surface area (TPSA) is 110 Å². The largest absolute Gasteiger partial charge is 0.465 e. The van der Waals surface area contributed by atoms with Gasteiger partial charge in [0.15, 0.2) is 6.23 Å². The van der Waals surface area contributed by atoms with Gasteiger partial charge in [-0.05, 0) is 47.9 Å². The van der Waals surface area contributed by atoms with Crippen LogP contribution >= 0.6 is 11.6 Å². The third-order valence-electron chi connectivity index (χ3n) is 5.94. The van der Waals surface area contributed by atoms with E-state index in [9.17, 15) is 19.8 Å². The predicted octanol–water partition coefficient (Wildman–Crippen LogP) is 4.96. The summed E-state index contributed by atoms with van der Waals surface area (Å²) < 4.78 is 0. The number of H-pyrrole nitrogens is 1. The number of anilines is 2. The van der Waals surface area contributed by atoms with Crippen LogP contribution in [-0.4, -0.2) is 39.2 Å². The fraction of sp³-hybridized carbons (Fsp3) is 0.125. The number of aliphatic hydroxyl groups is 1. The summed E-state index contributed by atoms with van der Waals surface area (Å²) in [6.07, 6.45) is -2.28. The molecule has 1 aliphatic heterocycles. The maximum absolute atomic E-state index is 13.5. The smallest absolute Gasteiger partial charge is 0.413 e.